The van der Waals surface area contributed by atoms with E-state index in [-0.39, 0.29) is 11.9 Å². The SMILES string of the molecule is Cc1ccc([C@H]([NH2+]CC(=O)Nc2cc(C)ccc2C)c2ccccc2)cc1. The number of hydrogen-bond acceptors (Lipinski definition) is 1. The molecule has 0 aromatic heterocycles. The summed E-state index contributed by atoms with van der Waals surface area (Å²) in [6, 6.07) is 25.1. The van der Waals surface area contributed by atoms with Crippen molar-refractivity contribution in [3.8, 4) is 0 Å². The topological polar surface area (TPSA) is 45.7 Å². The van der Waals surface area contributed by atoms with Crippen molar-refractivity contribution in [3.05, 3.63) is 101 Å². The van der Waals surface area contributed by atoms with Gasteiger partial charge in [0.2, 0.25) is 0 Å². The van der Waals surface area contributed by atoms with Gasteiger partial charge < -0.3 is 10.6 Å². The summed E-state index contributed by atoms with van der Waals surface area (Å²) in [6.07, 6.45) is 0. The molecule has 0 saturated carbocycles. The zero-order chi connectivity index (χ0) is 19.2. The quantitative estimate of drug-likeness (QED) is 0.689. The summed E-state index contributed by atoms with van der Waals surface area (Å²) in [4.78, 5) is 12.6. The first-order chi connectivity index (χ1) is 13.0. The summed E-state index contributed by atoms with van der Waals surface area (Å²) in [5, 5.41) is 5.15. The molecule has 0 radical (unpaired) electrons. The van der Waals surface area contributed by atoms with Crippen molar-refractivity contribution >= 4 is 11.6 Å². The monoisotopic (exact) mass is 359 g/mol. The Morgan fingerprint density at radius 3 is 2.19 bits per heavy atom. The van der Waals surface area contributed by atoms with Crippen molar-refractivity contribution < 1.29 is 10.1 Å². The average Bonchev–Trinajstić information content (AvgIpc) is 2.67. The number of nitrogens with one attached hydrogen (secondary N) is 1. The number of benzene rings is 3. The van der Waals surface area contributed by atoms with Gasteiger partial charge in [0.25, 0.3) is 5.91 Å². The second-order valence-electron chi connectivity index (χ2n) is 7.11. The Morgan fingerprint density at radius 1 is 0.852 bits per heavy atom. The van der Waals surface area contributed by atoms with Crippen LogP contribution in [0.5, 0.6) is 0 Å². The van der Waals surface area contributed by atoms with Crippen LogP contribution in [0, 0.1) is 20.8 Å². The number of amides is 1. The fourth-order valence-corrected chi connectivity index (χ4v) is 3.20. The molecule has 3 rings (SSSR count). The Morgan fingerprint density at radius 2 is 1.48 bits per heavy atom. The number of anilines is 1. The van der Waals surface area contributed by atoms with Crippen LogP contribution in [0.4, 0.5) is 5.69 Å². The van der Waals surface area contributed by atoms with Gasteiger partial charge in [0.05, 0.1) is 0 Å². The van der Waals surface area contributed by atoms with Gasteiger partial charge >= 0.3 is 0 Å². The van der Waals surface area contributed by atoms with Crippen molar-refractivity contribution in [2.24, 2.45) is 0 Å². The van der Waals surface area contributed by atoms with E-state index < -0.39 is 0 Å². The molecule has 3 aromatic carbocycles. The highest BCUT2D eigenvalue weighted by atomic mass is 16.1. The molecule has 0 fully saturated rings. The lowest BCUT2D eigenvalue weighted by molar-refractivity contribution is -0.676. The first-order valence-corrected chi connectivity index (χ1v) is 9.35. The van der Waals surface area contributed by atoms with Crippen molar-refractivity contribution in [1.82, 2.24) is 0 Å². The van der Waals surface area contributed by atoms with Crippen LogP contribution in [0.3, 0.4) is 0 Å². The molecule has 3 aromatic rings. The third-order valence-corrected chi connectivity index (χ3v) is 4.80. The number of nitrogens with two attached hydrogens (primary N) is 1. The number of aryl methyl sites for hydroxylation is 3. The second-order valence-corrected chi connectivity index (χ2v) is 7.11. The number of carbonyl (C=O) groups excluding carboxylic acids is 1. The molecule has 3 nitrogen and oxygen atoms in total. The van der Waals surface area contributed by atoms with Gasteiger partial charge in [0.1, 0.15) is 6.04 Å². The van der Waals surface area contributed by atoms with Crippen molar-refractivity contribution in [1.29, 1.82) is 0 Å². The molecular formula is C24H27N2O+. The summed E-state index contributed by atoms with van der Waals surface area (Å²) in [5.41, 5.74) is 6.74. The second kappa shape index (κ2) is 8.65. The van der Waals surface area contributed by atoms with E-state index in [1.165, 1.54) is 16.7 Å². The predicted molar refractivity (Wildman–Crippen MR) is 111 cm³/mol. The summed E-state index contributed by atoms with van der Waals surface area (Å²) >= 11 is 0. The summed E-state index contributed by atoms with van der Waals surface area (Å²) in [7, 11) is 0. The number of hydrogen-bond donors (Lipinski definition) is 2. The Bertz CT molecular complexity index is 901. The maximum absolute atomic E-state index is 12.6. The molecule has 3 N–H and O–H groups in total. The van der Waals surface area contributed by atoms with Crippen LogP contribution in [-0.4, -0.2) is 12.5 Å². The lowest BCUT2D eigenvalue weighted by atomic mass is 9.98. The van der Waals surface area contributed by atoms with Crippen LogP contribution in [0.15, 0.2) is 72.8 Å². The maximum Gasteiger partial charge on any atom is 0.279 e. The van der Waals surface area contributed by atoms with E-state index in [9.17, 15) is 4.79 Å². The average molecular weight is 359 g/mol. The van der Waals surface area contributed by atoms with Crippen molar-refractivity contribution in [2.75, 3.05) is 11.9 Å². The molecule has 0 heterocycles. The number of quaternary nitrogens is 1. The van der Waals surface area contributed by atoms with Crippen LogP contribution in [0.25, 0.3) is 0 Å². The van der Waals surface area contributed by atoms with E-state index in [1.54, 1.807) is 0 Å². The lowest BCUT2D eigenvalue weighted by Crippen LogP contribution is -2.87. The van der Waals surface area contributed by atoms with Gasteiger partial charge in [-0.1, -0.05) is 72.3 Å². The highest BCUT2D eigenvalue weighted by molar-refractivity contribution is 5.92. The first-order valence-electron chi connectivity index (χ1n) is 9.35. The van der Waals surface area contributed by atoms with Gasteiger partial charge in [-0.15, -0.1) is 0 Å². The zero-order valence-corrected chi connectivity index (χ0v) is 16.2. The lowest BCUT2D eigenvalue weighted by Gasteiger charge is -2.17. The summed E-state index contributed by atoms with van der Waals surface area (Å²) in [6.45, 7) is 6.49. The Kier molecular flexibility index (Phi) is 6.05. The van der Waals surface area contributed by atoms with Gasteiger partial charge in [-0.2, -0.15) is 0 Å². The third-order valence-electron chi connectivity index (χ3n) is 4.80. The number of carbonyl (C=O) groups is 1. The smallest absolute Gasteiger partial charge is 0.279 e. The van der Waals surface area contributed by atoms with Gasteiger partial charge in [-0.25, -0.2) is 0 Å². The first kappa shape index (κ1) is 18.9. The predicted octanol–water partition coefficient (Wildman–Crippen LogP) is 3.90. The minimum Gasteiger partial charge on any atom is -0.328 e. The third kappa shape index (κ3) is 5.05. The van der Waals surface area contributed by atoms with E-state index in [1.807, 2.05) is 44.2 Å². The summed E-state index contributed by atoms with van der Waals surface area (Å²) in [5.74, 6) is 0.0109. The minimum absolute atomic E-state index is 0.0109. The van der Waals surface area contributed by atoms with E-state index in [4.69, 9.17) is 0 Å². The Hall–Kier alpha value is -2.91. The zero-order valence-electron chi connectivity index (χ0n) is 16.2. The van der Waals surface area contributed by atoms with E-state index in [2.05, 4.69) is 60.0 Å². The molecule has 0 spiro atoms. The Balaban J connectivity index is 1.73. The summed E-state index contributed by atoms with van der Waals surface area (Å²) < 4.78 is 0. The molecule has 0 saturated heterocycles. The van der Waals surface area contributed by atoms with Gasteiger partial charge in [-0.05, 0) is 38.0 Å². The number of rotatable bonds is 6. The fraction of sp³-hybridized carbons (Fsp3) is 0.208. The van der Waals surface area contributed by atoms with Crippen molar-refractivity contribution in [2.45, 2.75) is 26.8 Å². The van der Waals surface area contributed by atoms with E-state index in [0.717, 1.165) is 16.8 Å². The molecule has 27 heavy (non-hydrogen) atoms. The van der Waals surface area contributed by atoms with Crippen LogP contribution < -0.4 is 10.6 Å². The maximum atomic E-state index is 12.6. The molecular weight excluding hydrogens is 332 g/mol. The van der Waals surface area contributed by atoms with Crippen molar-refractivity contribution in [3.63, 3.8) is 0 Å². The van der Waals surface area contributed by atoms with Crippen LogP contribution in [-0.2, 0) is 4.79 Å². The van der Waals surface area contributed by atoms with Crippen LogP contribution >= 0.6 is 0 Å². The van der Waals surface area contributed by atoms with Crippen LogP contribution in [0.1, 0.15) is 33.9 Å². The Labute approximate surface area is 161 Å². The molecule has 0 bridgehead atoms. The highest BCUT2D eigenvalue weighted by Crippen LogP contribution is 2.19. The normalized spacial score (nSPS) is 11.8. The van der Waals surface area contributed by atoms with Gasteiger partial charge in [0, 0.05) is 16.8 Å². The molecule has 0 unspecified atom stereocenters. The molecule has 0 aliphatic carbocycles. The molecule has 1 atom stereocenters. The molecule has 0 aliphatic heterocycles. The molecule has 138 valence electrons. The van der Waals surface area contributed by atoms with E-state index >= 15 is 0 Å². The standard InChI is InChI=1S/C24H26N2O/c1-17-10-13-21(14-11-17)24(20-7-5-4-6-8-20)25-16-23(27)26-22-15-18(2)9-12-19(22)3/h4-15,24-25H,16H2,1-3H3,(H,26,27)/p+1/t24-/m1/s1. The molecule has 0 aliphatic rings. The molecule has 3 heteroatoms. The molecule has 1 amide bonds. The minimum atomic E-state index is 0.0109. The van der Waals surface area contributed by atoms with Gasteiger partial charge in [-0.3, -0.25) is 4.79 Å². The van der Waals surface area contributed by atoms with Crippen LogP contribution in [0.2, 0.25) is 0 Å². The van der Waals surface area contributed by atoms with E-state index in [0.29, 0.717) is 6.54 Å². The fourth-order valence-electron chi connectivity index (χ4n) is 3.20. The van der Waals surface area contributed by atoms with Gasteiger partial charge in [0.15, 0.2) is 6.54 Å². The highest BCUT2D eigenvalue weighted by Gasteiger charge is 2.19. The largest absolute Gasteiger partial charge is 0.328 e.